The number of Topliss-reactive ketones (excluding diaryl/α,β-unsaturated/α-hetero) is 1. The first-order valence-electron chi connectivity index (χ1n) is 8.53. The summed E-state index contributed by atoms with van der Waals surface area (Å²) < 4.78 is 5.22. The van der Waals surface area contributed by atoms with Crippen molar-refractivity contribution >= 4 is 5.78 Å². The van der Waals surface area contributed by atoms with E-state index < -0.39 is 0 Å². The maximum Gasteiger partial charge on any atom is 0.186 e. The Morgan fingerprint density at radius 2 is 2.14 bits per heavy atom. The second kappa shape index (κ2) is 5.09. The minimum atomic E-state index is -0.270. The van der Waals surface area contributed by atoms with Crippen LogP contribution in [0, 0.1) is 17.3 Å². The number of fused-ring (bicyclic) bond motifs is 5. The Labute approximate surface area is 131 Å². The number of aryl methyl sites for hydroxylation is 1. The predicted molar refractivity (Wildman–Crippen MR) is 83.8 cm³/mol. The van der Waals surface area contributed by atoms with E-state index in [4.69, 9.17) is 9.84 Å². The molecule has 0 heterocycles. The van der Waals surface area contributed by atoms with E-state index >= 15 is 0 Å². The lowest BCUT2D eigenvalue weighted by Gasteiger charge is -2.48. The van der Waals surface area contributed by atoms with Gasteiger partial charge in [-0.1, -0.05) is 13.0 Å². The number of benzene rings is 1. The van der Waals surface area contributed by atoms with Gasteiger partial charge in [-0.05, 0) is 73.1 Å². The highest BCUT2D eigenvalue weighted by Gasteiger charge is 2.54. The van der Waals surface area contributed by atoms with Gasteiger partial charge in [-0.15, -0.1) is 0 Å². The second-order valence-corrected chi connectivity index (χ2v) is 7.47. The number of carbonyl (C=O) groups excluding carboxylic acids is 1. The lowest BCUT2D eigenvalue weighted by molar-refractivity contribution is -0.129. The van der Waals surface area contributed by atoms with Crippen LogP contribution in [0.25, 0.3) is 0 Å². The zero-order chi connectivity index (χ0) is 15.3. The Morgan fingerprint density at radius 1 is 1.27 bits per heavy atom. The normalized spacial score (nSPS) is 36.5. The molecule has 2 saturated carbocycles. The van der Waals surface area contributed by atoms with E-state index in [1.807, 2.05) is 6.07 Å². The van der Waals surface area contributed by atoms with E-state index in [1.165, 1.54) is 17.5 Å². The molecule has 0 radical (unpaired) electrons. The summed E-state index contributed by atoms with van der Waals surface area (Å²) in [4.78, 5) is 12.3. The maximum atomic E-state index is 12.3. The van der Waals surface area contributed by atoms with Crippen LogP contribution in [-0.2, 0) is 11.2 Å². The smallest absolute Gasteiger partial charge is 0.186 e. The Balaban J connectivity index is 1.66. The van der Waals surface area contributed by atoms with E-state index in [2.05, 4.69) is 19.1 Å². The molecule has 2 fully saturated rings. The molecule has 4 rings (SSSR count). The number of aliphatic hydroxyl groups is 1. The molecule has 3 heteroatoms. The number of rotatable bonds is 2. The molecular weight excluding hydrogens is 276 g/mol. The molecule has 3 nitrogen and oxygen atoms in total. The molecular formula is C19H24O3. The zero-order valence-electron chi connectivity index (χ0n) is 13.2. The number of carbonyl (C=O) groups is 1. The van der Waals surface area contributed by atoms with Crippen molar-refractivity contribution in [1.82, 2.24) is 0 Å². The highest BCUT2D eigenvalue weighted by atomic mass is 16.6. The van der Waals surface area contributed by atoms with Crippen LogP contribution in [0.5, 0.6) is 5.75 Å². The van der Waals surface area contributed by atoms with Gasteiger partial charge in [0, 0.05) is 11.8 Å². The summed E-state index contributed by atoms with van der Waals surface area (Å²) >= 11 is 0. The molecule has 0 aromatic heterocycles. The number of aliphatic hydroxyl groups excluding tert-OH is 1. The van der Waals surface area contributed by atoms with Crippen LogP contribution in [0.15, 0.2) is 18.2 Å². The molecule has 0 amide bonds. The Bertz CT molecular complexity index is 609. The minimum absolute atomic E-state index is 0.0430. The van der Waals surface area contributed by atoms with Crippen molar-refractivity contribution in [3.63, 3.8) is 0 Å². The van der Waals surface area contributed by atoms with Gasteiger partial charge in [-0.3, -0.25) is 4.79 Å². The first kappa shape index (κ1) is 14.3. The lowest BCUT2D eigenvalue weighted by Crippen LogP contribution is -2.42. The average Bonchev–Trinajstić information content (AvgIpc) is 2.83. The van der Waals surface area contributed by atoms with E-state index in [-0.39, 0.29) is 12.2 Å². The zero-order valence-corrected chi connectivity index (χ0v) is 13.2. The summed E-state index contributed by atoms with van der Waals surface area (Å²) in [5.74, 6) is 3.13. The monoisotopic (exact) mass is 300 g/mol. The standard InChI is InChI=1S/C19H24O3/c1-19-9-8-15-14-5-3-13(22-11-20)10-12(14)2-4-16(15)17(19)6-7-18(19)21/h3,5,10,15-17,20H,2,4,6-9,11H2,1H3/t15-,16-,17+,19+/m1/s1. The van der Waals surface area contributed by atoms with Crippen LogP contribution < -0.4 is 4.74 Å². The molecule has 118 valence electrons. The van der Waals surface area contributed by atoms with Gasteiger partial charge in [0.2, 0.25) is 0 Å². The van der Waals surface area contributed by atoms with Gasteiger partial charge < -0.3 is 9.84 Å². The van der Waals surface area contributed by atoms with Gasteiger partial charge >= 0.3 is 0 Å². The third-order valence-electron chi connectivity index (χ3n) is 6.64. The summed E-state index contributed by atoms with van der Waals surface area (Å²) in [7, 11) is 0. The van der Waals surface area contributed by atoms with E-state index in [1.54, 1.807) is 0 Å². The Morgan fingerprint density at radius 3 is 2.95 bits per heavy atom. The van der Waals surface area contributed by atoms with Crippen molar-refractivity contribution in [2.75, 3.05) is 6.79 Å². The summed E-state index contributed by atoms with van der Waals surface area (Å²) in [6, 6.07) is 6.26. The van der Waals surface area contributed by atoms with Crippen LogP contribution in [0.1, 0.15) is 56.1 Å². The molecule has 3 aliphatic rings. The van der Waals surface area contributed by atoms with Gasteiger partial charge in [0.25, 0.3) is 0 Å². The minimum Gasteiger partial charge on any atom is -0.468 e. The number of hydrogen-bond donors (Lipinski definition) is 1. The first-order valence-corrected chi connectivity index (χ1v) is 8.53. The van der Waals surface area contributed by atoms with Crippen LogP contribution in [-0.4, -0.2) is 17.7 Å². The van der Waals surface area contributed by atoms with Crippen molar-refractivity contribution in [2.24, 2.45) is 17.3 Å². The summed E-state index contributed by atoms with van der Waals surface area (Å²) in [6.45, 7) is 1.95. The molecule has 0 unspecified atom stereocenters. The van der Waals surface area contributed by atoms with Crippen molar-refractivity contribution in [3.8, 4) is 5.75 Å². The maximum absolute atomic E-state index is 12.3. The molecule has 0 aliphatic heterocycles. The molecule has 4 atom stereocenters. The Hall–Kier alpha value is -1.35. The fourth-order valence-electron chi connectivity index (χ4n) is 5.49. The number of ether oxygens (including phenoxy) is 1. The van der Waals surface area contributed by atoms with Gasteiger partial charge in [-0.2, -0.15) is 0 Å². The summed E-state index contributed by atoms with van der Waals surface area (Å²) in [5, 5.41) is 8.91. The molecule has 22 heavy (non-hydrogen) atoms. The average molecular weight is 300 g/mol. The molecule has 0 spiro atoms. The molecule has 1 aromatic rings. The molecule has 1 aromatic carbocycles. The van der Waals surface area contributed by atoms with Crippen molar-refractivity contribution < 1.29 is 14.6 Å². The van der Waals surface area contributed by atoms with E-state index in [0.29, 0.717) is 23.5 Å². The van der Waals surface area contributed by atoms with Crippen molar-refractivity contribution in [3.05, 3.63) is 29.3 Å². The molecule has 1 N–H and O–H groups in total. The number of ketones is 1. The highest BCUT2D eigenvalue weighted by molar-refractivity contribution is 5.87. The molecule has 3 aliphatic carbocycles. The van der Waals surface area contributed by atoms with Crippen LogP contribution in [0.3, 0.4) is 0 Å². The third-order valence-corrected chi connectivity index (χ3v) is 6.64. The van der Waals surface area contributed by atoms with E-state index in [9.17, 15) is 4.79 Å². The van der Waals surface area contributed by atoms with Crippen LogP contribution in [0.2, 0.25) is 0 Å². The fourth-order valence-corrected chi connectivity index (χ4v) is 5.49. The van der Waals surface area contributed by atoms with Gasteiger partial charge in [0.1, 0.15) is 11.5 Å². The second-order valence-electron chi connectivity index (χ2n) is 7.47. The fraction of sp³-hybridized carbons (Fsp3) is 0.632. The van der Waals surface area contributed by atoms with Crippen molar-refractivity contribution in [2.45, 2.75) is 51.4 Å². The largest absolute Gasteiger partial charge is 0.468 e. The van der Waals surface area contributed by atoms with E-state index in [0.717, 1.165) is 37.9 Å². The van der Waals surface area contributed by atoms with Crippen molar-refractivity contribution in [1.29, 1.82) is 0 Å². The predicted octanol–water partition coefficient (Wildman–Crippen LogP) is 3.44. The quantitative estimate of drug-likeness (QED) is 0.851. The topological polar surface area (TPSA) is 46.5 Å². The number of hydrogen-bond acceptors (Lipinski definition) is 3. The van der Waals surface area contributed by atoms with Gasteiger partial charge in [0.15, 0.2) is 6.79 Å². The van der Waals surface area contributed by atoms with Gasteiger partial charge in [-0.25, -0.2) is 0 Å². The summed E-state index contributed by atoms with van der Waals surface area (Å²) in [5.41, 5.74) is 2.79. The third kappa shape index (κ3) is 1.95. The van der Waals surface area contributed by atoms with Crippen LogP contribution >= 0.6 is 0 Å². The highest BCUT2D eigenvalue weighted by Crippen LogP contribution is 2.59. The SMILES string of the molecule is C[C@]12CC[C@@H]3c4ccc(OCO)cc4CC[C@H]3[C@@H]1CCC2=O. The lowest BCUT2D eigenvalue weighted by atomic mass is 9.55. The van der Waals surface area contributed by atoms with Crippen LogP contribution in [0.4, 0.5) is 0 Å². The molecule has 0 saturated heterocycles. The summed E-state index contributed by atoms with van der Waals surface area (Å²) in [6.07, 6.45) is 6.33. The van der Waals surface area contributed by atoms with Gasteiger partial charge in [0.05, 0.1) is 0 Å². The molecule has 0 bridgehead atoms. The first-order chi connectivity index (χ1) is 10.6. The Kier molecular flexibility index (Phi) is 3.30.